The maximum Gasteiger partial charge on any atom is 0.407 e. The highest BCUT2D eigenvalue weighted by Crippen LogP contribution is 2.37. The molecule has 0 fully saturated rings. The average Bonchev–Trinajstić information content (AvgIpc) is 2.27. The van der Waals surface area contributed by atoms with Gasteiger partial charge in [-0.3, -0.25) is 0 Å². The van der Waals surface area contributed by atoms with Gasteiger partial charge in [-0.25, -0.2) is 4.79 Å². The first-order valence-corrected chi connectivity index (χ1v) is 7.42. The van der Waals surface area contributed by atoms with Gasteiger partial charge in [0.1, 0.15) is 5.60 Å². The minimum Gasteiger partial charge on any atom is -0.444 e. The third-order valence-electron chi connectivity index (χ3n) is 2.04. The number of amides is 1. The lowest BCUT2D eigenvalue weighted by Crippen LogP contribution is -2.41. The Bertz CT molecular complexity index is 253. The quantitative estimate of drug-likeness (QED) is 0.696. The summed E-state index contributed by atoms with van der Waals surface area (Å²) in [6.07, 6.45) is 1.30. The minimum absolute atomic E-state index is 0.116. The maximum atomic E-state index is 11.7. The number of hydrogen-bond donors (Lipinski definition) is 1. The zero-order chi connectivity index (χ0) is 14.9. The summed E-state index contributed by atoms with van der Waals surface area (Å²) in [5, 5.41) is 2.79. The number of nitrogens with one attached hydrogen (secondary N) is 1. The molecule has 0 spiro atoms. The Morgan fingerprint density at radius 1 is 1.26 bits per heavy atom. The lowest BCUT2D eigenvalue weighted by atomic mass is 10.2. The average molecular weight is 295 g/mol. The number of ether oxygens (including phenoxy) is 1. The molecule has 0 aliphatic carbocycles. The van der Waals surface area contributed by atoms with Crippen LogP contribution in [0, 0.1) is 0 Å². The molecule has 0 bridgehead atoms. The summed E-state index contributed by atoms with van der Waals surface area (Å²) >= 11 is 0. The maximum absolute atomic E-state index is 11.7. The first-order chi connectivity index (χ1) is 8.82. The van der Waals surface area contributed by atoms with E-state index in [4.69, 9.17) is 18.3 Å². The van der Waals surface area contributed by atoms with Crippen LogP contribution in [0.15, 0.2) is 0 Å². The van der Waals surface area contributed by atoms with E-state index in [1.54, 1.807) is 0 Å². The predicted octanol–water partition coefficient (Wildman–Crippen LogP) is 3.22. The normalized spacial score (nSPS) is 13.4. The summed E-state index contributed by atoms with van der Waals surface area (Å²) in [4.78, 5) is 11.7. The highest BCUT2D eigenvalue weighted by atomic mass is 31.2. The molecule has 7 heteroatoms. The molecule has 1 amide bonds. The van der Waals surface area contributed by atoms with E-state index in [1.165, 1.54) is 14.2 Å². The van der Waals surface area contributed by atoms with Crippen molar-refractivity contribution in [3.05, 3.63) is 0 Å². The van der Waals surface area contributed by atoms with Crippen LogP contribution in [0.2, 0.25) is 0 Å². The number of rotatable bonds is 8. The van der Waals surface area contributed by atoms with Crippen LogP contribution in [0.3, 0.4) is 0 Å². The van der Waals surface area contributed by atoms with E-state index in [-0.39, 0.29) is 6.04 Å². The summed E-state index contributed by atoms with van der Waals surface area (Å²) in [6, 6.07) is -0.116. The van der Waals surface area contributed by atoms with Gasteiger partial charge in [0.25, 0.3) is 0 Å². The van der Waals surface area contributed by atoms with Crippen molar-refractivity contribution in [2.24, 2.45) is 0 Å². The SMILES string of the molecule is CCCC(COP(OC)OC)NC(=O)OC(C)(C)C. The van der Waals surface area contributed by atoms with Gasteiger partial charge in [0.2, 0.25) is 0 Å². The van der Waals surface area contributed by atoms with Gasteiger partial charge in [-0.05, 0) is 27.2 Å². The van der Waals surface area contributed by atoms with E-state index >= 15 is 0 Å². The molecule has 1 atom stereocenters. The van der Waals surface area contributed by atoms with Crippen molar-refractivity contribution in [3.8, 4) is 0 Å². The van der Waals surface area contributed by atoms with E-state index in [1.807, 2.05) is 27.7 Å². The molecule has 0 rings (SSSR count). The highest BCUT2D eigenvalue weighted by molar-refractivity contribution is 7.41. The highest BCUT2D eigenvalue weighted by Gasteiger charge is 2.20. The topological polar surface area (TPSA) is 66.0 Å². The largest absolute Gasteiger partial charge is 0.444 e. The van der Waals surface area contributed by atoms with Crippen LogP contribution in [0.4, 0.5) is 4.79 Å². The fraction of sp³-hybridized carbons (Fsp3) is 0.917. The summed E-state index contributed by atoms with van der Waals surface area (Å²) < 4.78 is 20.6. The summed E-state index contributed by atoms with van der Waals surface area (Å²) in [7, 11) is 1.69. The number of alkyl carbamates (subject to hydrolysis) is 1. The van der Waals surface area contributed by atoms with E-state index in [2.05, 4.69) is 5.32 Å². The van der Waals surface area contributed by atoms with Gasteiger partial charge in [-0.15, -0.1) is 0 Å². The number of carbonyl (C=O) groups is 1. The van der Waals surface area contributed by atoms with Crippen LogP contribution in [-0.4, -0.2) is 38.6 Å². The molecule has 1 unspecified atom stereocenters. The molecule has 0 aromatic heterocycles. The second-order valence-electron chi connectivity index (χ2n) is 5.02. The van der Waals surface area contributed by atoms with E-state index in [0.29, 0.717) is 6.61 Å². The van der Waals surface area contributed by atoms with Gasteiger partial charge in [0.15, 0.2) is 0 Å². The third-order valence-corrected chi connectivity index (χ3v) is 2.99. The molecule has 0 saturated heterocycles. The Labute approximate surface area is 117 Å². The fourth-order valence-electron chi connectivity index (χ4n) is 1.35. The molecule has 1 N–H and O–H groups in total. The van der Waals surface area contributed by atoms with Crippen molar-refractivity contribution < 1.29 is 23.1 Å². The van der Waals surface area contributed by atoms with Crippen molar-refractivity contribution in [1.82, 2.24) is 5.32 Å². The first-order valence-electron chi connectivity index (χ1n) is 6.33. The molecule has 0 aromatic carbocycles. The van der Waals surface area contributed by atoms with Gasteiger partial charge in [0, 0.05) is 14.2 Å². The van der Waals surface area contributed by atoms with Gasteiger partial charge < -0.3 is 23.6 Å². The Hall–Kier alpha value is -0.420. The summed E-state index contributed by atoms with van der Waals surface area (Å²) in [5.41, 5.74) is -0.507. The van der Waals surface area contributed by atoms with Crippen LogP contribution < -0.4 is 5.32 Å². The second-order valence-corrected chi connectivity index (χ2v) is 6.45. The zero-order valence-electron chi connectivity index (χ0n) is 12.7. The van der Waals surface area contributed by atoms with Crippen LogP contribution in [0.1, 0.15) is 40.5 Å². The standard InChI is InChI=1S/C12H26NO5P/c1-7-8-10(9-17-19(15-5)16-6)13-11(14)18-12(2,3)4/h10H,7-9H2,1-6H3,(H,13,14). The van der Waals surface area contributed by atoms with Crippen molar-refractivity contribution in [2.75, 3.05) is 20.8 Å². The molecular weight excluding hydrogens is 269 g/mol. The van der Waals surface area contributed by atoms with Crippen LogP contribution in [0.5, 0.6) is 0 Å². The smallest absolute Gasteiger partial charge is 0.407 e. The van der Waals surface area contributed by atoms with Crippen molar-refractivity contribution in [3.63, 3.8) is 0 Å². The molecule has 114 valence electrons. The molecule has 0 aliphatic rings. The van der Waals surface area contributed by atoms with Gasteiger partial charge in [-0.1, -0.05) is 13.3 Å². The Kier molecular flexibility index (Phi) is 9.27. The molecule has 0 heterocycles. The Balaban J connectivity index is 4.21. The summed E-state index contributed by atoms with van der Waals surface area (Å²) in [5.74, 6) is 0. The van der Waals surface area contributed by atoms with Crippen molar-refractivity contribution in [2.45, 2.75) is 52.2 Å². The third kappa shape index (κ3) is 10.1. The van der Waals surface area contributed by atoms with Gasteiger partial charge in [-0.2, -0.15) is 0 Å². The minimum atomic E-state index is -1.34. The van der Waals surface area contributed by atoms with E-state index in [9.17, 15) is 4.79 Å². The van der Waals surface area contributed by atoms with Crippen LogP contribution in [-0.2, 0) is 18.3 Å². The van der Waals surface area contributed by atoms with Crippen molar-refractivity contribution >= 4 is 14.7 Å². The second kappa shape index (κ2) is 9.48. The number of carbonyl (C=O) groups excluding carboxylic acids is 1. The lowest BCUT2D eigenvalue weighted by molar-refractivity contribution is 0.0479. The fourth-order valence-corrected chi connectivity index (χ4v) is 2.01. The first kappa shape index (κ1) is 18.6. The van der Waals surface area contributed by atoms with E-state index in [0.717, 1.165) is 12.8 Å². The van der Waals surface area contributed by atoms with Gasteiger partial charge in [0.05, 0.1) is 12.6 Å². The predicted molar refractivity (Wildman–Crippen MR) is 75.0 cm³/mol. The monoisotopic (exact) mass is 295 g/mol. The molecule has 0 saturated carbocycles. The van der Waals surface area contributed by atoms with Gasteiger partial charge >= 0.3 is 14.7 Å². The molecule has 6 nitrogen and oxygen atoms in total. The molecular formula is C12H26NO5P. The van der Waals surface area contributed by atoms with Crippen molar-refractivity contribution in [1.29, 1.82) is 0 Å². The van der Waals surface area contributed by atoms with E-state index < -0.39 is 20.3 Å². The lowest BCUT2D eigenvalue weighted by Gasteiger charge is -2.24. The van der Waals surface area contributed by atoms with Crippen LogP contribution in [0.25, 0.3) is 0 Å². The summed E-state index contributed by atoms with van der Waals surface area (Å²) in [6.45, 7) is 7.85. The zero-order valence-corrected chi connectivity index (χ0v) is 13.6. The number of hydrogen-bond acceptors (Lipinski definition) is 5. The Morgan fingerprint density at radius 3 is 2.26 bits per heavy atom. The molecule has 19 heavy (non-hydrogen) atoms. The molecule has 0 aliphatic heterocycles. The molecule has 0 radical (unpaired) electrons. The molecule has 0 aromatic rings. The Morgan fingerprint density at radius 2 is 1.84 bits per heavy atom. The van der Waals surface area contributed by atoms with Crippen LogP contribution >= 0.6 is 8.60 Å².